The first kappa shape index (κ1) is 12.9. The Kier molecular flexibility index (Phi) is 2.89. The van der Waals surface area contributed by atoms with Gasteiger partial charge in [-0.2, -0.15) is 4.39 Å². The molecule has 2 aromatic rings. The molecule has 0 amide bonds. The molecule has 0 aliphatic carbocycles. The average Bonchev–Trinajstić information content (AvgIpc) is 2.29. The number of hydrogen-bond donors (Lipinski definition) is 2. The van der Waals surface area contributed by atoms with Crippen molar-refractivity contribution in [2.75, 3.05) is 0 Å². The summed E-state index contributed by atoms with van der Waals surface area (Å²) in [7, 11) is 0. The van der Waals surface area contributed by atoms with E-state index in [0.29, 0.717) is 0 Å². The minimum Gasteiger partial charge on any atom is -0.492 e. The van der Waals surface area contributed by atoms with E-state index in [9.17, 15) is 32.3 Å². The topological polar surface area (TPSA) is 75.1 Å². The lowest BCUT2D eigenvalue weighted by Gasteiger charge is -2.10. The van der Waals surface area contributed by atoms with Gasteiger partial charge >= 0.3 is 5.69 Å². The minimum absolute atomic E-state index is 0.152. The zero-order valence-corrected chi connectivity index (χ0v) is 8.88. The number of nitrogens with one attached hydrogen (secondary N) is 1. The van der Waals surface area contributed by atoms with Crippen LogP contribution >= 0.6 is 0 Å². The number of aromatic nitrogens is 2. The van der Waals surface area contributed by atoms with Crippen LogP contribution in [0.1, 0.15) is 0 Å². The Balaban J connectivity index is 2.92. The molecule has 0 atom stereocenters. The number of halogens is 4. The van der Waals surface area contributed by atoms with Gasteiger partial charge in [0.05, 0.1) is 0 Å². The molecule has 100 valence electrons. The molecule has 19 heavy (non-hydrogen) atoms. The monoisotopic (exact) mass is 276 g/mol. The highest BCUT2D eigenvalue weighted by molar-refractivity contribution is 5.38. The number of benzene rings is 1. The molecular weight excluding hydrogens is 272 g/mol. The maximum absolute atomic E-state index is 13.4. The highest BCUT2D eigenvalue weighted by Crippen LogP contribution is 2.22. The minimum atomic E-state index is -1.80. The molecule has 0 radical (unpaired) electrons. The molecule has 0 fully saturated rings. The molecule has 0 saturated heterocycles. The van der Waals surface area contributed by atoms with E-state index >= 15 is 0 Å². The quantitative estimate of drug-likeness (QED) is 0.756. The predicted molar refractivity (Wildman–Crippen MR) is 54.2 cm³/mol. The molecule has 0 unspecified atom stereocenters. The van der Waals surface area contributed by atoms with Crippen LogP contribution in [0.5, 0.6) is 5.88 Å². The molecule has 0 saturated carbocycles. The summed E-state index contributed by atoms with van der Waals surface area (Å²) in [6.45, 7) is 0. The van der Waals surface area contributed by atoms with Gasteiger partial charge < -0.3 is 5.11 Å². The first-order valence-electron chi connectivity index (χ1n) is 4.71. The molecular formula is C10H4F4N2O3. The Morgan fingerprint density at radius 3 is 2.11 bits per heavy atom. The van der Waals surface area contributed by atoms with E-state index in [1.165, 1.54) is 4.98 Å². The molecule has 0 spiro atoms. The Bertz CT molecular complexity index is 758. The van der Waals surface area contributed by atoms with Crippen molar-refractivity contribution >= 4 is 0 Å². The number of nitrogens with zero attached hydrogens (tertiary/aromatic N) is 1. The van der Waals surface area contributed by atoms with Gasteiger partial charge in [-0.1, -0.05) is 0 Å². The fourth-order valence-corrected chi connectivity index (χ4v) is 1.46. The molecule has 0 aliphatic heterocycles. The summed E-state index contributed by atoms with van der Waals surface area (Å²) in [6, 6.07) is 0.459. The Hall–Kier alpha value is -2.58. The van der Waals surface area contributed by atoms with Crippen molar-refractivity contribution in [2.45, 2.75) is 0 Å². The van der Waals surface area contributed by atoms with Gasteiger partial charge in [0.25, 0.3) is 5.56 Å². The standard InChI is InChI=1S/C10H4F4N2O3/c11-3-1-4(12)7(5(13)2-3)16-9(18)6(14)8(17)15-10(16)19/h1-2,18H,(H,15,17,19). The third-order valence-corrected chi connectivity index (χ3v) is 2.24. The molecule has 5 nitrogen and oxygen atoms in total. The summed E-state index contributed by atoms with van der Waals surface area (Å²) >= 11 is 0. The van der Waals surface area contributed by atoms with Gasteiger partial charge in [-0.25, -0.2) is 22.5 Å². The van der Waals surface area contributed by atoms with Crippen LogP contribution in [0.25, 0.3) is 5.69 Å². The second-order valence-corrected chi connectivity index (χ2v) is 3.45. The van der Waals surface area contributed by atoms with E-state index < -0.39 is 46.1 Å². The molecule has 1 heterocycles. The van der Waals surface area contributed by atoms with Gasteiger partial charge in [0.15, 0.2) is 11.6 Å². The highest BCUT2D eigenvalue weighted by Gasteiger charge is 2.21. The number of aromatic amines is 1. The van der Waals surface area contributed by atoms with Crippen LogP contribution in [-0.4, -0.2) is 14.7 Å². The second kappa shape index (κ2) is 4.26. The van der Waals surface area contributed by atoms with E-state index in [2.05, 4.69) is 0 Å². The fraction of sp³-hybridized carbons (Fsp3) is 0. The van der Waals surface area contributed by atoms with Crippen molar-refractivity contribution in [3.05, 3.63) is 56.2 Å². The molecule has 0 bridgehead atoms. The van der Waals surface area contributed by atoms with Crippen LogP contribution < -0.4 is 11.2 Å². The van der Waals surface area contributed by atoms with Gasteiger partial charge in [-0.05, 0) is 0 Å². The number of H-pyrrole nitrogens is 1. The predicted octanol–water partition coefficient (Wildman–Crippen LogP) is 0.788. The fourth-order valence-electron chi connectivity index (χ4n) is 1.46. The SMILES string of the molecule is O=c1[nH]c(=O)n(-c2c(F)cc(F)cc2F)c(O)c1F. The number of aromatic hydroxyl groups is 1. The van der Waals surface area contributed by atoms with E-state index in [1.54, 1.807) is 0 Å². The smallest absolute Gasteiger partial charge is 0.336 e. The highest BCUT2D eigenvalue weighted by atomic mass is 19.1. The summed E-state index contributed by atoms with van der Waals surface area (Å²) in [5.41, 5.74) is -4.24. The van der Waals surface area contributed by atoms with Crippen molar-refractivity contribution in [3.63, 3.8) is 0 Å². The third kappa shape index (κ3) is 1.98. The van der Waals surface area contributed by atoms with Crippen LogP contribution in [-0.2, 0) is 0 Å². The van der Waals surface area contributed by atoms with Crippen molar-refractivity contribution in [2.24, 2.45) is 0 Å². The van der Waals surface area contributed by atoms with Gasteiger partial charge in [-0.3, -0.25) is 9.78 Å². The van der Waals surface area contributed by atoms with Crippen molar-refractivity contribution in [1.29, 1.82) is 0 Å². The third-order valence-electron chi connectivity index (χ3n) is 2.24. The zero-order valence-electron chi connectivity index (χ0n) is 8.88. The van der Waals surface area contributed by atoms with Crippen LogP contribution in [0.4, 0.5) is 17.6 Å². The van der Waals surface area contributed by atoms with Crippen LogP contribution in [0.15, 0.2) is 21.7 Å². The van der Waals surface area contributed by atoms with E-state index in [-0.39, 0.29) is 16.7 Å². The summed E-state index contributed by atoms with van der Waals surface area (Å²) in [6.07, 6.45) is 0. The van der Waals surface area contributed by atoms with Gasteiger partial charge in [0.2, 0.25) is 11.7 Å². The molecule has 2 rings (SSSR count). The largest absolute Gasteiger partial charge is 0.492 e. The summed E-state index contributed by atoms with van der Waals surface area (Å²) in [5.74, 6) is -7.76. The Labute approximate surface area is 101 Å². The lowest BCUT2D eigenvalue weighted by molar-refractivity contribution is 0.380. The van der Waals surface area contributed by atoms with E-state index in [4.69, 9.17) is 0 Å². The van der Waals surface area contributed by atoms with Crippen LogP contribution in [0.2, 0.25) is 0 Å². The Morgan fingerprint density at radius 1 is 1.05 bits per heavy atom. The van der Waals surface area contributed by atoms with E-state index in [0.717, 1.165) is 0 Å². The van der Waals surface area contributed by atoms with Crippen LogP contribution in [0.3, 0.4) is 0 Å². The average molecular weight is 276 g/mol. The summed E-state index contributed by atoms with van der Waals surface area (Å²) < 4.78 is 52.5. The lowest BCUT2D eigenvalue weighted by atomic mass is 10.2. The summed E-state index contributed by atoms with van der Waals surface area (Å²) in [5, 5.41) is 9.27. The van der Waals surface area contributed by atoms with Crippen molar-refractivity contribution in [1.82, 2.24) is 9.55 Å². The molecule has 0 aliphatic rings. The first-order chi connectivity index (χ1) is 8.82. The molecule has 2 N–H and O–H groups in total. The lowest BCUT2D eigenvalue weighted by Crippen LogP contribution is -2.32. The maximum Gasteiger partial charge on any atom is 0.336 e. The zero-order chi connectivity index (χ0) is 14.3. The van der Waals surface area contributed by atoms with Gasteiger partial charge in [-0.15, -0.1) is 0 Å². The number of rotatable bonds is 1. The second-order valence-electron chi connectivity index (χ2n) is 3.45. The van der Waals surface area contributed by atoms with E-state index in [1.807, 2.05) is 0 Å². The molecule has 1 aromatic heterocycles. The van der Waals surface area contributed by atoms with Crippen molar-refractivity contribution in [3.8, 4) is 11.6 Å². The first-order valence-corrected chi connectivity index (χ1v) is 4.71. The maximum atomic E-state index is 13.4. The van der Waals surface area contributed by atoms with Crippen molar-refractivity contribution < 1.29 is 22.7 Å². The Morgan fingerprint density at radius 2 is 1.58 bits per heavy atom. The van der Waals surface area contributed by atoms with Gasteiger partial charge in [0, 0.05) is 12.1 Å². The van der Waals surface area contributed by atoms with Crippen LogP contribution in [0, 0.1) is 23.3 Å². The molecule has 9 heteroatoms. The summed E-state index contributed by atoms with van der Waals surface area (Å²) in [4.78, 5) is 23.6. The molecule has 1 aromatic carbocycles. The normalized spacial score (nSPS) is 10.7. The number of hydrogen-bond acceptors (Lipinski definition) is 3. The van der Waals surface area contributed by atoms with Gasteiger partial charge in [0.1, 0.15) is 11.5 Å².